The number of aromatic nitrogens is 2. The highest BCUT2D eigenvalue weighted by atomic mass is 16.2. The van der Waals surface area contributed by atoms with Gasteiger partial charge in [-0.15, -0.1) is 0 Å². The molecule has 160 valence electrons. The quantitative estimate of drug-likeness (QED) is 0.695. The summed E-state index contributed by atoms with van der Waals surface area (Å²) >= 11 is 0. The lowest BCUT2D eigenvalue weighted by atomic mass is 10.1. The first-order valence-corrected chi connectivity index (χ1v) is 11.1. The van der Waals surface area contributed by atoms with E-state index in [0.29, 0.717) is 12.1 Å². The van der Waals surface area contributed by atoms with Crippen LogP contribution < -0.4 is 10.2 Å². The molecule has 1 aromatic heterocycles. The maximum absolute atomic E-state index is 13.4. The van der Waals surface area contributed by atoms with E-state index in [1.165, 1.54) is 11.1 Å². The summed E-state index contributed by atoms with van der Waals surface area (Å²) < 4.78 is 1.84. The van der Waals surface area contributed by atoms with Gasteiger partial charge in [-0.05, 0) is 36.6 Å². The number of nitrogens with one attached hydrogen (secondary N) is 1. The SMILES string of the molecule is Cn1cc(CNC[C@@H]2CC[C@H]3CN(C(=O)c4ccccc4)c4ccccc4CN23)cn1. The third-order valence-corrected chi connectivity index (χ3v) is 6.53. The molecular formula is C25H29N5O. The molecule has 1 fully saturated rings. The summed E-state index contributed by atoms with van der Waals surface area (Å²) in [7, 11) is 1.95. The highest BCUT2D eigenvalue weighted by Crippen LogP contribution is 2.35. The Labute approximate surface area is 183 Å². The van der Waals surface area contributed by atoms with E-state index in [2.05, 4.69) is 39.7 Å². The standard InChI is InChI=1S/C25H29N5O/c1-28-16-19(14-27-28)13-26-15-22-11-12-23-18-30(25(31)20-7-3-2-4-8-20)24-10-6-5-9-21(24)17-29(22)23/h2-10,14,16,22-23,26H,11-13,15,17-18H2,1H3/t22-,23-/m0/s1. The van der Waals surface area contributed by atoms with E-state index >= 15 is 0 Å². The van der Waals surface area contributed by atoms with Crippen LogP contribution in [0.2, 0.25) is 0 Å². The first kappa shape index (κ1) is 20.0. The maximum Gasteiger partial charge on any atom is 0.258 e. The van der Waals surface area contributed by atoms with Gasteiger partial charge in [-0.2, -0.15) is 5.10 Å². The van der Waals surface area contributed by atoms with Gasteiger partial charge in [0.05, 0.1) is 6.20 Å². The van der Waals surface area contributed by atoms with Crippen LogP contribution in [0.3, 0.4) is 0 Å². The molecule has 1 N–H and O–H groups in total. The molecule has 31 heavy (non-hydrogen) atoms. The zero-order chi connectivity index (χ0) is 21.2. The minimum atomic E-state index is 0.0908. The first-order valence-electron chi connectivity index (χ1n) is 11.1. The molecule has 0 spiro atoms. The average molecular weight is 416 g/mol. The van der Waals surface area contributed by atoms with Crippen molar-refractivity contribution in [3.05, 3.63) is 83.7 Å². The van der Waals surface area contributed by atoms with Gasteiger partial charge in [-0.25, -0.2) is 0 Å². The number of fused-ring (bicyclic) bond motifs is 2. The highest BCUT2D eigenvalue weighted by molar-refractivity contribution is 6.06. The van der Waals surface area contributed by atoms with Crippen molar-refractivity contribution < 1.29 is 4.79 Å². The molecule has 2 aromatic carbocycles. The molecule has 5 rings (SSSR count). The Balaban J connectivity index is 1.33. The van der Waals surface area contributed by atoms with E-state index in [0.717, 1.165) is 50.3 Å². The van der Waals surface area contributed by atoms with Gasteiger partial charge in [0.1, 0.15) is 0 Å². The van der Waals surface area contributed by atoms with E-state index in [1.54, 1.807) is 0 Å². The number of hydrogen-bond acceptors (Lipinski definition) is 4. The molecule has 6 nitrogen and oxygen atoms in total. The summed E-state index contributed by atoms with van der Waals surface area (Å²) in [5.41, 5.74) is 4.23. The Morgan fingerprint density at radius 1 is 1.10 bits per heavy atom. The highest BCUT2D eigenvalue weighted by Gasteiger charge is 2.38. The Bertz CT molecular complexity index is 1050. The fourth-order valence-electron chi connectivity index (χ4n) is 4.98. The van der Waals surface area contributed by atoms with Crippen molar-refractivity contribution in [1.82, 2.24) is 20.0 Å². The fourth-order valence-corrected chi connectivity index (χ4v) is 4.98. The third kappa shape index (κ3) is 4.13. The molecule has 3 aromatic rings. The number of hydrogen-bond donors (Lipinski definition) is 1. The van der Waals surface area contributed by atoms with Crippen LogP contribution in [0.5, 0.6) is 0 Å². The number of anilines is 1. The van der Waals surface area contributed by atoms with Crippen molar-refractivity contribution >= 4 is 11.6 Å². The molecule has 0 aliphatic carbocycles. The van der Waals surface area contributed by atoms with Crippen molar-refractivity contribution in [2.45, 2.75) is 38.0 Å². The van der Waals surface area contributed by atoms with Crippen LogP contribution in [0.1, 0.15) is 34.3 Å². The molecule has 2 aliphatic heterocycles. The Hall–Kier alpha value is -2.96. The largest absolute Gasteiger partial charge is 0.311 e. The minimum absolute atomic E-state index is 0.0908. The molecule has 1 amide bonds. The van der Waals surface area contributed by atoms with Gasteiger partial charge in [0, 0.05) is 68.3 Å². The Morgan fingerprint density at radius 2 is 1.90 bits per heavy atom. The van der Waals surface area contributed by atoms with Crippen molar-refractivity contribution in [2.75, 3.05) is 18.0 Å². The molecule has 0 bridgehead atoms. The van der Waals surface area contributed by atoms with E-state index in [4.69, 9.17) is 0 Å². The zero-order valence-electron chi connectivity index (χ0n) is 17.9. The van der Waals surface area contributed by atoms with E-state index in [1.807, 2.05) is 59.2 Å². The van der Waals surface area contributed by atoms with E-state index in [-0.39, 0.29) is 5.91 Å². The lowest BCUT2D eigenvalue weighted by Crippen LogP contribution is -2.45. The number of amides is 1. The van der Waals surface area contributed by atoms with Gasteiger partial charge in [0.15, 0.2) is 0 Å². The lowest BCUT2D eigenvalue weighted by molar-refractivity contribution is 0.0978. The van der Waals surface area contributed by atoms with Crippen LogP contribution in [0, 0.1) is 0 Å². The predicted octanol–water partition coefficient (Wildman–Crippen LogP) is 3.20. The molecule has 0 radical (unpaired) electrons. The maximum atomic E-state index is 13.4. The van der Waals surface area contributed by atoms with Gasteiger partial charge in [-0.1, -0.05) is 36.4 Å². The number of rotatable bonds is 5. The number of carbonyl (C=O) groups excluding carboxylic acids is 1. The number of aryl methyl sites for hydroxylation is 1. The molecule has 3 heterocycles. The van der Waals surface area contributed by atoms with Crippen molar-refractivity contribution in [3.63, 3.8) is 0 Å². The van der Waals surface area contributed by atoms with Crippen LogP contribution in [0.25, 0.3) is 0 Å². The van der Waals surface area contributed by atoms with Gasteiger partial charge in [0.25, 0.3) is 5.91 Å². The average Bonchev–Trinajstić information content (AvgIpc) is 3.34. The molecule has 1 saturated heterocycles. The normalized spacial score (nSPS) is 20.9. The zero-order valence-corrected chi connectivity index (χ0v) is 17.9. The van der Waals surface area contributed by atoms with Gasteiger partial charge >= 0.3 is 0 Å². The minimum Gasteiger partial charge on any atom is -0.311 e. The number of carbonyl (C=O) groups is 1. The van der Waals surface area contributed by atoms with Gasteiger partial charge < -0.3 is 10.2 Å². The van der Waals surface area contributed by atoms with Gasteiger partial charge in [-0.3, -0.25) is 14.4 Å². The molecule has 0 saturated carbocycles. The third-order valence-electron chi connectivity index (χ3n) is 6.53. The summed E-state index contributed by atoms with van der Waals surface area (Å²) in [6.07, 6.45) is 6.24. The summed E-state index contributed by atoms with van der Waals surface area (Å²) in [5.74, 6) is 0.0908. The molecule has 6 heteroatoms. The molecular weight excluding hydrogens is 386 g/mol. The van der Waals surface area contributed by atoms with Crippen molar-refractivity contribution in [1.29, 1.82) is 0 Å². The molecule has 2 atom stereocenters. The second-order valence-electron chi connectivity index (χ2n) is 8.62. The summed E-state index contributed by atoms with van der Waals surface area (Å²) in [4.78, 5) is 18.0. The number of benzene rings is 2. The van der Waals surface area contributed by atoms with Crippen LogP contribution in [-0.4, -0.2) is 45.8 Å². The van der Waals surface area contributed by atoms with E-state index < -0.39 is 0 Å². The smallest absolute Gasteiger partial charge is 0.258 e. The lowest BCUT2D eigenvalue weighted by Gasteiger charge is -2.30. The molecule has 2 aliphatic rings. The van der Waals surface area contributed by atoms with Crippen LogP contribution >= 0.6 is 0 Å². The predicted molar refractivity (Wildman–Crippen MR) is 122 cm³/mol. The topological polar surface area (TPSA) is 53.4 Å². The second kappa shape index (κ2) is 8.65. The fraction of sp³-hybridized carbons (Fsp3) is 0.360. The second-order valence-corrected chi connectivity index (χ2v) is 8.62. The van der Waals surface area contributed by atoms with Crippen LogP contribution in [-0.2, 0) is 20.1 Å². The summed E-state index contributed by atoms with van der Waals surface area (Å²) in [6, 6.07) is 18.9. The van der Waals surface area contributed by atoms with E-state index in [9.17, 15) is 4.79 Å². The Morgan fingerprint density at radius 3 is 2.71 bits per heavy atom. The number of para-hydroxylation sites is 1. The first-order chi connectivity index (χ1) is 15.2. The molecule has 0 unspecified atom stereocenters. The van der Waals surface area contributed by atoms with Crippen LogP contribution in [0.15, 0.2) is 67.0 Å². The monoisotopic (exact) mass is 415 g/mol. The van der Waals surface area contributed by atoms with Crippen molar-refractivity contribution in [3.8, 4) is 0 Å². The Kier molecular flexibility index (Phi) is 5.57. The summed E-state index contributed by atoms with van der Waals surface area (Å²) in [6.45, 7) is 3.40. The van der Waals surface area contributed by atoms with Crippen LogP contribution in [0.4, 0.5) is 5.69 Å². The van der Waals surface area contributed by atoms with Crippen molar-refractivity contribution in [2.24, 2.45) is 7.05 Å². The summed E-state index contributed by atoms with van der Waals surface area (Å²) in [5, 5.41) is 7.87. The number of nitrogens with zero attached hydrogens (tertiary/aromatic N) is 4. The van der Waals surface area contributed by atoms with Gasteiger partial charge in [0.2, 0.25) is 0 Å².